The van der Waals surface area contributed by atoms with Gasteiger partial charge in [0.2, 0.25) is 0 Å². The van der Waals surface area contributed by atoms with Gasteiger partial charge in [-0.2, -0.15) is 0 Å². The van der Waals surface area contributed by atoms with Crippen LogP contribution in [0.3, 0.4) is 0 Å². The van der Waals surface area contributed by atoms with Crippen LogP contribution in [0.2, 0.25) is 10.1 Å². The summed E-state index contributed by atoms with van der Waals surface area (Å²) in [5, 5.41) is 0.780. The lowest BCUT2D eigenvalue weighted by Crippen LogP contribution is -2.32. The molecular formula is C10H26OSi2. The van der Waals surface area contributed by atoms with Crippen LogP contribution in [-0.2, 0) is 4.74 Å². The van der Waals surface area contributed by atoms with Crippen LogP contribution < -0.4 is 0 Å². The second kappa shape index (κ2) is 4.28. The molecule has 0 N–H and O–H groups in total. The predicted molar refractivity (Wildman–Crippen MR) is 68.0 cm³/mol. The van der Waals surface area contributed by atoms with Gasteiger partial charge in [0.05, 0.1) is 12.2 Å². The van der Waals surface area contributed by atoms with Crippen LogP contribution >= 0.6 is 0 Å². The summed E-state index contributed by atoms with van der Waals surface area (Å²) in [5.41, 5.74) is 0. The second-order valence-corrected chi connectivity index (χ2v) is 11.3. The summed E-state index contributed by atoms with van der Waals surface area (Å²) in [4.78, 5) is 0. The maximum Gasteiger partial charge on any atom is 0.0568 e. The van der Waals surface area contributed by atoms with Gasteiger partial charge in [-0.3, -0.25) is 0 Å². The van der Waals surface area contributed by atoms with Gasteiger partial charge in [0.1, 0.15) is 0 Å². The van der Waals surface area contributed by atoms with Crippen molar-refractivity contribution >= 4 is 20.5 Å². The zero-order chi connectivity index (χ0) is 10.9. The zero-order valence-corrected chi connectivity index (χ0v) is 14.6. The highest BCUT2D eigenvalue weighted by atomic mass is 28.1. The first-order valence-electron chi connectivity index (χ1n) is 5.20. The maximum absolute atomic E-state index is 6.05. The standard InChI is InChI=1S/C10H26OSi2/c1-7(9(3,4)12)11-8(2)10(5,6)13/h7-8H,1-6,12-13H3. The number of rotatable bonds is 4. The van der Waals surface area contributed by atoms with Gasteiger partial charge in [-0.1, -0.05) is 27.7 Å². The van der Waals surface area contributed by atoms with Crippen LogP contribution in [0, 0.1) is 0 Å². The fourth-order valence-electron chi connectivity index (χ4n) is 0.714. The van der Waals surface area contributed by atoms with Crippen LogP contribution in [0.5, 0.6) is 0 Å². The third-order valence-corrected chi connectivity index (χ3v) is 4.47. The van der Waals surface area contributed by atoms with E-state index in [0.29, 0.717) is 22.3 Å². The van der Waals surface area contributed by atoms with Crippen molar-refractivity contribution < 1.29 is 4.74 Å². The summed E-state index contributed by atoms with van der Waals surface area (Å²) >= 11 is 0. The predicted octanol–water partition coefficient (Wildman–Crippen LogP) is 0.908. The molecule has 0 fully saturated rings. The van der Waals surface area contributed by atoms with E-state index in [9.17, 15) is 0 Å². The topological polar surface area (TPSA) is 9.23 Å². The highest BCUT2D eigenvalue weighted by molar-refractivity contribution is 6.15. The first-order valence-corrected chi connectivity index (χ1v) is 7.20. The molecule has 80 valence electrons. The van der Waals surface area contributed by atoms with Crippen LogP contribution in [-0.4, -0.2) is 32.7 Å². The summed E-state index contributed by atoms with van der Waals surface area (Å²) in [5.74, 6) is 0. The molecule has 0 aliphatic rings. The number of hydrogen-bond donors (Lipinski definition) is 0. The van der Waals surface area contributed by atoms with Crippen molar-refractivity contribution in [1.82, 2.24) is 0 Å². The minimum atomic E-state index is 0.390. The smallest absolute Gasteiger partial charge is 0.0568 e. The molecule has 0 aromatic rings. The summed E-state index contributed by atoms with van der Waals surface area (Å²) in [6.07, 6.45) is 0.782. The van der Waals surface area contributed by atoms with E-state index in [1.54, 1.807) is 0 Å². The van der Waals surface area contributed by atoms with Crippen molar-refractivity contribution in [2.45, 2.75) is 63.8 Å². The summed E-state index contributed by atoms with van der Waals surface area (Å²) in [6.45, 7) is 13.6. The molecule has 1 nitrogen and oxygen atoms in total. The minimum Gasteiger partial charge on any atom is -0.375 e. The van der Waals surface area contributed by atoms with Crippen molar-refractivity contribution in [2.24, 2.45) is 0 Å². The van der Waals surface area contributed by atoms with Gasteiger partial charge < -0.3 is 4.74 Å². The van der Waals surface area contributed by atoms with E-state index in [2.05, 4.69) is 41.5 Å². The average molecular weight is 218 g/mol. The maximum atomic E-state index is 6.05. The van der Waals surface area contributed by atoms with Crippen molar-refractivity contribution in [3.8, 4) is 0 Å². The Morgan fingerprint density at radius 1 is 0.846 bits per heavy atom. The fraction of sp³-hybridized carbons (Fsp3) is 1.00. The van der Waals surface area contributed by atoms with Crippen molar-refractivity contribution in [3.63, 3.8) is 0 Å². The molecule has 0 spiro atoms. The Kier molecular flexibility index (Phi) is 4.41. The van der Waals surface area contributed by atoms with Crippen molar-refractivity contribution in [3.05, 3.63) is 0 Å². The van der Waals surface area contributed by atoms with Crippen LogP contribution in [0.1, 0.15) is 41.5 Å². The van der Waals surface area contributed by atoms with E-state index in [1.165, 1.54) is 20.5 Å². The quantitative estimate of drug-likeness (QED) is 0.638. The Morgan fingerprint density at radius 2 is 1.08 bits per heavy atom. The molecule has 3 heteroatoms. The molecule has 2 atom stereocenters. The normalized spacial score (nSPS) is 18.9. The molecule has 0 aromatic carbocycles. The first-order chi connectivity index (χ1) is 5.55. The number of ether oxygens (including phenoxy) is 1. The lowest BCUT2D eigenvalue weighted by molar-refractivity contribution is -0.0276. The van der Waals surface area contributed by atoms with Gasteiger partial charge in [-0.05, 0) is 23.9 Å². The van der Waals surface area contributed by atoms with E-state index in [1.807, 2.05) is 0 Å². The van der Waals surface area contributed by atoms with E-state index in [0.717, 1.165) is 0 Å². The van der Waals surface area contributed by atoms with Crippen molar-refractivity contribution in [1.29, 1.82) is 0 Å². The molecular weight excluding hydrogens is 192 g/mol. The Hall–Kier alpha value is 0.394. The number of hydrogen-bond acceptors (Lipinski definition) is 1. The molecule has 0 saturated heterocycles. The third-order valence-electron chi connectivity index (χ3n) is 2.85. The Balaban J connectivity index is 4.15. The van der Waals surface area contributed by atoms with Crippen LogP contribution in [0.15, 0.2) is 0 Å². The Bertz CT molecular complexity index is 137. The van der Waals surface area contributed by atoms with Crippen molar-refractivity contribution in [2.75, 3.05) is 0 Å². The van der Waals surface area contributed by atoms with Crippen LogP contribution in [0.4, 0.5) is 0 Å². The van der Waals surface area contributed by atoms with Gasteiger partial charge >= 0.3 is 0 Å². The zero-order valence-electron chi connectivity index (χ0n) is 10.6. The van der Waals surface area contributed by atoms with E-state index in [4.69, 9.17) is 4.74 Å². The molecule has 0 amide bonds. The highest BCUT2D eigenvalue weighted by Gasteiger charge is 2.27. The SMILES string of the molecule is CC(OC(C)C(C)(C)[SiH3])C(C)(C)[SiH3]. The van der Waals surface area contributed by atoms with Gasteiger partial charge in [0.15, 0.2) is 0 Å². The van der Waals surface area contributed by atoms with E-state index < -0.39 is 0 Å². The lowest BCUT2D eigenvalue weighted by atomic mass is 10.0. The summed E-state index contributed by atoms with van der Waals surface area (Å²) in [7, 11) is 2.38. The molecule has 0 aliphatic heterocycles. The fourth-order valence-corrected chi connectivity index (χ4v) is 0.987. The first kappa shape index (κ1) is 13.4. The molecule has 0 aliphatic carbocycles. The summed E-state index contributed by atoms with van der Waals surface area (Å²) in [6, 6.07) is 0. The molecule has 0 rings (SSSR count). The summed E-state index contributed by atoms with van der Waals surface area (Å²) < 4.78 is 6.05. The Morgan fingerprint density at radius 3 is 1.23 bits per heavy atom. The van der Waals surface area contributed by atoms with Crippen LogP contribution in [0.25, 0.3) is 0 Å². The van der Waals surface area contributed by atoms with Gasteiger partial charge in [0.25, 0.3) is 0 Å². The van der Waals surface area contributed by atoms with E-state index >= 15 is 0 Å². The lowest BCUT2D eigenvalue weighted by Gasteiger charge is -2.35. The molecule has 13 heavy (non-hydrogen) atoms. The molecule has 0 saturated carbocycles. The highest BCUT2D eigenvalue weighted by Crippen LogP contribution is 2.33. The Labute approximate surface area is 89.5 Å². The molecule has 0 aromatic heterocycles. The average Bonchev–Trinajstić information content (AvgIpc) is 1.82. The molecule has 0 radical (unpaired) electrons. The second-order valence-electron chi connectivity index (χ2n) is 6.15. The van der Waals surface area contributed by atoms with Gasteiger partial charge in [-0.25, -0.2) is 0 Å². The third kappa shape index (κ3) is 4.98. The van der Waals surface area contributed by atoms with Gasteiger partial charge in [0, 0.05) is 20.5 Å². The van der Waals surface area contributed by atoms with E-state index in [-0.39, 0.29) is 0 Å². The largest absolute Gasteiger partial charge is 0.375 e. The van der Waals surface area contributed by atoms with Gasteiger partial charge in [-0.15, -0.1) is 0 Å². The molecule has 2 unspecified atom stereocenters. The molecule has 0 bridgehead atoms. The molecule has 0 heterocycles. The monoisotopic (exact) mass is 218 g/mol. The minimum absolute atomic E-state index is 0.390.